The molecule has 0 spiro atoms. The smallest absolute Gasteiger partial charge is 0.423 e. The van der Waals surface area contributed by atoms with E-state index >= 15 is 0 Å². The molecule has 13 heavy (non-hydrogen) atoms. The van der Waals surface area contributed by atoms with Crippen molar-refractivity contribution in [1.82, 2.24) is 0 Å². The fourth-order valence-corrected chi connectivity index (χ4v) is 0.913. The Balaban J connectivity index is 2.85. The predicted molar refractivity (Wildman–Crippen MR) is 50.9 cm³/mol. The monoisotopic (exact) mass is 179 g/mol. The Morgan fingerprint density at radius 3 is 2.85 bits per heavy atom. The molecule has 68 valence electrons. The van der Waals surface area contributed by atoms with E-state index in [1.165, 1.54) is 13.3 Å². The van der Waals surface area contributed by atoms with Crippen molar-refractivity contribution in [3.05, 3.63) is 29.8 Å². The molecule has 0 aliphatic heterocycles. The first-order chi connectivity index (χ1) is 6.24. The van der Waals surface area contributed by atoms with Crippen molar-refractivity contribution in [2.75, 3.05) is 7.11 Å². The lowest BCUT2D eigenvalue weighted by atomic mass is 9.80. The fourth-order valence-electron chi connectivity index (χ4n) is 0.913. The van der Waals surface area contributed by atoms with Gasteiger partial charge in [0, 0.05) is 0 Å². The lowest BCUT2D eigenvalue weighted by molar-refractivity contribution is 0.215. The summed E-state index contributed by atoms with van der Waals surface area (Å²) in [5.41, 5.74) is 1.19. The largest absolute Gasteiger partial charge is 0.488 e. The van der Waals surface area contributed by atoms with Gasteiger partial charge in [-0.1, -0.05) is 29.4 Å². The number of benzene rings is 1. The van der Waals surface area contributed by atoms with E-state index in [-0.39, 0.29) is 0 Å². The van der Waals surface area contributed by atoms with Crippen LogP contribution in [-0.4, -0.2) is 30.5 Å². The van der Waals surface area contributed by atoms with Crippen LogP contribution in [0.2, 0.25) is 0 Å². The molecule has 0 saturated carbocycles. The first-order valence-corrected chi connectivity index (χ1v) is 3.76. The molecule has 1 aromatic carbocycles. The summed E-state index contributed by atoms with van der Waals surface area (Å²) < 4.78 is 0. The van der Waals surface area contributed by atoms with Crippen molar-refractivity contribution >= 4 is 18.8 Å². The topological polar surface area (TPSA) is 62.0 Å². The van der Waals surface area contributed by atoms with Crippen LogP contribution in [0.5, 0.6) is 0 Å². The molecule has 4 nitrogen and oxygen atoms in total. The van der Waals surface area contributed by atoms with Crippen molar-refractivity contribution < 1.29 is 14.9 Å². The van der Waals surface area contributed by atoms with Crippen LogP contribution in [0.25, 0.3) is 0 Å². The summed E-state index contributed by atoms with van der Waals surface area (Å²) in [5.74, 6) is 0. The van der Waals surface area contributed by atoms with Gasteiger partial charge in [0.15, 0.2) is 0 Å². The van der Waals surface area contributed by atoms with E-state index in [2.05, 4.69) is 9.99 Å². The summed E-state index contributed by atoms with van der Waals surface area (Å²) in [4.78, 5) is 4.49. The van der Waals surface area contributed by atoms with E-state index in [0.29, 0.717) is 5.46 Å². The van der Waals surface area contributed by atoms with Crippen molar-refractivity contribution in [3.63, 3.8) is 0 Å². The van der Waals surface area contributed by atoms with Gasteiger partial charge in [0.05, 0.1) is 6.21 Å². The van der Waals surface area contributed by atoms with Crippen molar-refractivity contribution in [2.24, 2.45) is 5.16 Å². The number of rotatable bonds is 3. The third-order valence-corrected chi connectivity index (χ3v) is 1.52. The minimum Gasteiger partial charge on any atom is -0.423 e. The van der Waals surface area contributed by atoms with Crippen LogP contribution in [0.3, 0.4) is 0 Å². The first-order valence-electron chi connectivity index (χ1n) is 3.76. The van der Waals surface area contributed by atoms with E-state index in [4.69, 9.17) is 10.0 Å². The molecule has 2 N–H and O–H groups in total. The maximum Gasteiger partial charge on any atom is 0.488 e. The zero-order valence-corrected chi connectivity index (χ0v) is 7.21. The van der Waals surface area contributed by atoms with Gasteiger partial charge in [-0.3, -0.25) is 0 Å². The maximum absolute atomic E-state index is 8.85. The molecule has 0 bridgehead atoms. The third kappa shape index (κ3) is 2.89. The highest BCUT2D eigenvalue weighted by Gasteiger charge is 2.09. The lowest BCUT2D eigenvalue weighted by Gasteiger charge is -1.99. The van der Waals surface area contributed by atoms with Gasteiger partial charge in [-0.2, -0.15) is 0 Å². The zero-order chi connectivity index (χ0) is 9.68. The van der Waals surface area contributed by atoms with E-state index in [1.54, 1.807) is 24.3 Å². The SMILES string of the molecule is CON=Cc1cccc(B(O)O)c1. The molecule has 0 unspecified atom stereocenters. The van der Waals surface area contributed by atoms with Gasteiger partial charge in [-0.05, 0) is 11.0 Å². The van der Waals surface area contributed by atoms with Gasteiger partial charge in [0.1, 0.15) is 7.11 Å². The van der Waals surface area contributed by atoms with Gasteiger partial charge < -0.3 is 14.9 Å². The Morgan fingerprint density at radius 2 is 2.23 bits per heavy atom. The number of hydrogen-bond donors (Lipinski definition) is 2. The second kappa shape index (κ2) is 4.64. The van der Waals surface area contributed by atoms with Gasteiger partial charge in [-0.25, -0.2) is 0 Å². The second-order valence-electron chi connectivity index (χ2n) is 2.46. The second-order valence-corrected chi connectivity index (χ2v) is 2.46. The van der Waals surface area contributed by atoms with E-state index < -0.39 is 7.12 Å². The Labute approximate surface area is 76.6 Å². The summed E-state index contributed by atoms with van der Waals surface area (Å²) in [6, 6.07) is 6.74. The van der Waals surface area contributed by atoms with E-state index in [0.717, 1.165) is 5.56 Å². The highest BCUT2D eigenvalue weighted by molar-refractivity contribution is 6.58. The molecular formula is C8H10BNO3. The zero-order valence-electron chi connectivity index (χ0n) is 7.21. The van der Waals surface area contributed by atoms with Crippen LogP contribution in [-0.2, 0) is 4.84 Å². The van der Waals surface area contributed by atoms with Crippen LogP contribution >= 0.6 is 0 Å². The molecule has 0 amide bonds. The molecular weight excluding hydrogens is 169 g/mol. The summed E-state index contributed by atoms with van der Waals surface area (Å²) in [6.07, 6.45) is 1.49. The molecule has 0 fully saturated rings. The molecule has 5 heteroatoms. The van der Waals surface area contributed by atoms with Gasteiger partial charge in [0.25, 0.3) is 0 Å². The summed E-state index contributed by atoms with van der Waals surface area (Å²) in [5, 5.41) is 21.3. The Kier molecular flexibility index (Phi) is 3.48. The Morgan fingerprint density at radius 1 is 1.46 bits per heavy atom. The lowest BCUT2D eigenvalue weighted by Crippen LogP contribution is -2.29. The number of oxime groups is 1. The van der Waals surface area contributed by atoms with Gasteiger partial charge in [-0.15, -0.1) is 0 Å². The van der Waals surface area contributed by atoms with Crippen molar-refractivity contribution in [2.45, 2.75) is 0 Å². The number of nitrogens with zero attached hydrogens (tertiary/aromatic N) is 1. The molecule has 0 radical (unpaired) electrons. The quantitative estimate of drug-likeness (QED) is 0.368. The Hall–Kier alpha value is -1.33. The molecule has 0 aliphatic rings. The number of hydrogen-bond acceptors (Lipinski definition) is 4. The van der Waals surface area contributed by atoms with Crippen LogP contribution in [0, 0.1) is 0 Å². The molecule has 0 aromatic heterocycles. The van der Waals surface area contributed by atoms with E-state index in [9.17, 15) is 0 Å². The third-order valence-electron chi connectivity index (χ3n) is 1.52. The summed E-state index contributed by atoms with van der Waals surface area (Å²) in [7, 11) is -0.00257. The minimum absolute atomic E-state index is 0.431. The highest BCUT2D eigenvalue weighted by Crippen LogP contribution is 1.93. The fraction of sp³-hybridized carbons (Fsp3) is 0.125. The van der Waals surface area contributed by atoms with Crippen LogP contribution in [0.15, 0.2) is 29.4 Å². The van der Waals surface area contributed by atoms with Crippen molar-refractivity contribution in [3.8, 4) is 0 Å². The average molecular weight is 179 g/mol. The maximum atomic E-state index is 8.85. The Bertz CT molecular complexity index is 301. The highest BCUT2D eigenvalue weighted by atomic mass is 16.6. The normalized spacial score (nSPS) is 10.4. The minimum atomic E-state index is -1.45. The van der Waals surface area contributed by atoms with Crippen LogP contribution in [0.4, 0.5) is 0 Å². The van der Waals surface area contributed by atoms with Crippen molar-refractivity contribution in [1.29, 1.82) is 0 Å². The van der Waals surface area contributed by atoms with Gasteiger partial charge in [0.2, 0.25) is 0 Å². The molecule has 1 aromatic rings. The van der Waals surface area contributed by atoms with Crippen LogP contribution in [0.1, 0.15) is 5.56 Å². The summed E-state index contributed by atoms with van der Waals surface area (Å²) >= 11 is 0. The molecule has 0 heterocycles. The summed E-state index contributed by atoms with van der Waals surface area (Å²) in [6.45, 7) is 0. The first kappa shape index (κ1) is 9.76. The standard InChI is InChI=1S/C8H10BNO3/c1-13-10-6-7-3-2-4-8(5-7)9(11)12/h2-6,11-12H,1H3. The average Bonchev–Trinajstić information content (AvgIpc) is 2.15. The van der Waals surface area contributed by atoms with Gasteiger partial charge >= 0.3 is 7.12 Å². The molecule has 1 rings (SSSR count). The molecule has 0 aliphatic carbocycles. The molecule has 0 saturated heterocycles. The molecule has 0 atom stereocenters. The van der Waals surface area contributed by atoms with E-state index in [1.807, 2.05) is 0 Å². The van der Waals surface area contributed by atoms with Crippen LogP contribution < -0.4 is 5.46 Å². The predicted octanol–water partition coefficient (Wildman–Crippen LogP) is -0.653.